The predicted octanol–water partition coefficient (Wildman–Crippen LogP) is 3.59. The minimum Gasteiger partial charge on any atom is -0.479 e. The van der Waals surface area contributed by atoms with Gasteiger partial charge in [-0.25, -0.2) is 0 Å². The summed E-state index contributed by atoms with van der Waals surface area (Å²) in [6, 6.07) is 0. The molecule has 7 heteroatoms. The van der Waals surface area contributed by atoms with Crippen molar-refractivity contribution in [3.05, 3.63) is 0 Å². The van der Waals surface area contributed by atoms with Crippen molar-refractivity contribution >= 4 is 40.3 Å². The summed E-state index contributed by atoms with van der Waals surface area (Å²) in [7, 11) is 0. The lowest BCUT2D eigenvalue weighted by molar-refractivity contribution is -0.175. The van der Waals surface area contributed by atoms with Crippen molar-refractivity contribution in [2.24, 2.45) is 23.2 Å². The molecule has 0 radical (unpaired) electrons. The molecule has 0 unspecified atom stereocenters. The van der Waals surface area contributed by atoms with E-state index in [0.29, 0.717) is 23.3 Å². The van der Waals surface area contributed by atoms with Crippen molar-refractivity contribution in [1.82, 2.24) is 0 Å². The molecule has 25 heavy (non-hydrogen) atoms. The Hall–Kier alpha value is -0.820. The normalized spacial score (nSPS) is 26.8. The van der Waals surface area contributed by atoms with Crippen LogP contribution in [0.2, 0.25) is 0 Å². The average molecular weight is 389 g/mol. The first-order valence-electron chi connectivity index (χ1n) is 9.15. The third-order valence-corrected chi connectivity index (χ3v) is 6.77. The highest BCUT2D eigenvalue weighted by molar-refractivity contribution is 8.22. The second kappa shape index (κ2) is 9.21. The van der Waals surface area contributed by atoms with E-state index < -0.39 is 17.4 Å². The number of carbonyl (C=O) groups excluding carboxylic acids is 2. The third kappa shape index (κ3) is 4.13. The van der Waals surface area contributed by atoms with Crippen molar-refractivity contribution < 1.29 is 23.8 Å². The van der Waals surface area contributed by atoms with Gasteiger partial charge in [0.05, 0.1) is 19.8 Å². The zero-order valence-corrected chi connectivity index (χ0v) is 16.9. The van der Waals surface area contributed by atoms with Crippen LogP contribution < -0.4 is 0 Å². The number of thioether (sulfide) groups is 1. The van der Waals surface area contributed by atoms with Crippen LogP contribution in [0.4, 0.5) is 0 Å². The summed E-state index contributed by atoms with van der Waals surface area (Å²) >= 11 is 6.71. The van der Waals surface area contributed by atoms with E-state index in [1.807, 2.05) is 6.92 Å². The van der Waals surface area contributed by atoms with Gasteiger partial charge in [-0.3, -0.25) is 9.59 Å². The van der Waals surface area contributed by atoms with Crippen LogP contribution in [0.5, 0.6) is 0 Å². The van der Waals surface area contributed by atoms with Crippen molar-refractivity contribution in [3.63, 3.8) is 0 Å². The van der Waals surface area contributed by atoms with E-state index in [0.717, 1.165) is 25.0 Å². The van der Waals surface area contributed by atoms with Gasteiger partial charge in [0.25, 0.3) is 0 Å². The van der Waals surface area contributed by atoms with Crippen molar-refractivity contribution in [2.45, 2.75) is 46.5 Å². The Balaban J connectivity index is 2.22. The van der Waals surface area contributed by atoms with Crippen molar-refractivity contribution in [1.29, 1.82) is 0 Å². The molecule has 2 fully saturated rings. The Morgan fingerprint density at radius 2 is 1.64 bits per heavy atom. The summed E-state index contributed by atoms with van der Waals surface area (Å²) in [5, 5.41) is 0. The Morgan fingerprint density at radius 1 is 1.04 bits per heavy atom. The van der Waals surface area contributed by atoms with Gasteiger partial charge in [-0.15, -0.1) is 0 Å². The quantitative estimate of drug-likeness (QED) is 0.375. The molecular weight excluding hydrogens is 360 g/mol. The average Bonchev–Trinajstić information content (AvgIpc) is 3.15. The first kappa shape index (κ1) is 20.5. The predicted molar refractivity (Wildman–Crippen MR) is 101 cm³/mol. The maximum atomic E-state index is 12.8. The summed E-state index contributed by atoms with van der Waals surface area (Å²) in [5.41, 5.74) is -1.15. The summed E-state index contributed by atoms with van der Waals surface area (Å²) in [4.78, 5) is 25.7. The molecule has 2 rings (SSSR count). The summed E-state index contributed by atoms with van der Waals surface area (Å²) < 4.78 is 16.5. The van der Waals surface area contributed by atoms with E-state index in [1.165, 1.54) is 11.8 Å². The fourth-order valence-corrected chi connectivity index (χ4v) is 5.71. The molecule has 0 spiro atoms. The number of hydrogen-bond donors (Lipinski definition) is 0. The molecule has 0 aromatic heterocycles. The minimum atomic E-state index is -1.15. The van der Waals surface area contributed by atoms with Crippen LogP contribution in [0.3, 0.4) is 0 Å². The van der Waals surface area contributed by atoms with E-state index in [9.17, 15) is 9.59 Å². The number of ether oxygens (including phenoxy) is 3. The van der Waals surface area contributed by atoms with Gasteiger partial charge < -0.3 is 14.2 Å². The Bertz CT molecular complexity index is 490. The van der Waals surface area contributed by atoms with Crippen molar-refractivity contribution in [3.8, 4) is 0 Å². The van der Waals surface area contributed by atoms with E-state index in [-0.39, 0.29) is 25.0 Å². The maximum Gasteiger partial charge on any atom is 0.323 e. The Morgan fingerprint density at radius 3 is 2.20 bits per heavy atom. The number of rotatable bonds is 7. The molecule has 3 atom stereocenters. The van der Waals surface area contributed by atoms with Crippen LogP contribution in [0.15, 0.2) is 0 Å². The zero-order chi connectivity index (χ0) is 18.4. The molecule has 142 valence electrons. The number of hydrogen-bond acceptors (Lipinski definition) is 7. The molecule has 0 heterocycles. The molecule has 5 nitrogen and oxygen atoms in total. The van der Waals surface area contributed by atoms with Crippen LogP contribution in [-0.4, -0.2) is 41.9 Å². The van der Waals surface area contributed by atoms with Crippen LogP contribution in [0.1, 0.15) is 46.5 Å². The molecule has 0 aromatic rings. The molecule has 0 aliphatic heterocycles. The monoisotopic (exact) mass is 388 g/mol. The molecule has 0 bridgehead atoms. The molecule has 0 amide bonds. The van der Waals surface area contributed by atoms with Gasteiger partial charge in [0.2, 0.25) is 4.38 Å². The number of esters is 2. The molecule has 2 aliphatic carbocycles. The molecule has 0 N–H and O–H groups in total. The van der Waals surface area contributed by atoms with Crippen LogP contribution in [0.25, 0.3) is 0 Å². The smallest absolute Gasteiger partial charge is 0.323 e. The van der Waals surface area contributed by atoms with E-state index in [2.05, 4.69) is 0 Å². The fraction of sp³-hybridized carbons (Fsp3) is 0.833. The topological polar surface area (TPSA) is 61.8 Å². The SMILES string of the molecule is CCOC(=O)C1(C(=O)OCC)C[C@@H](CSC(=S)OCC)[C@@H]2CCC[C@@H]21. The van der Waals surface area contributed by atoms with Crippen LogP contribution in [-0.2, 0) is 23.8 Å². The number of thiocarbonyl (C=S) groups is 1. The van der Waals surface area contributed by atoms with Gasteiger partial charge in [0.1, 0.15) is 0 Å². The van der Waals surface area contributed by atoms with E-state index in [4.69, 9.17) is 26.4 Å². The highest BCUT2D eigenvalue weighted by atomic mass is 32.2. The number of fused-ring (bicyclic) bond motifs is 1. The summed E-state index contributed by atoms with van der Waals surface area (Å²) in [6.45, 7) is 6.54. The summed E-state index contributed by atoms with van der Waals surface area (Å²) in [5.74, 6) is 0.531. The van der Waals surface area contributed by atoms with Gasteiger partial charge in [0, 0.05) is 5.75 Å². The van der Waals surface area contributed by atoms with E-state index >= 15 is 0 Å². The largest absolute Gasteiger partial charge is 0.479 e. The second-order valence-corrected chi connectivity index (χ2v) is 8.19. The van der Waals surface area contributed by atoms with Crippen LogP contribution >= 0.6 is 24.0 Å². The first-order valence-corrected chi connectivity index (χ1v) is 10.5. The number of carbonyl (C=O) groups is 2. The molecule has 0 saturated heterocycles. The lowest BCUT2D eigenvalue weighted by Crippen LogP contribution is -2.45. The summed E-state index contributed by atoms with van der Waals surface area (Å²) in [6.07, 6.45) is 3.44. The fourth-order valence-electron chi connectivity index (χ4n) is 4.47. The lowest BCUT2D eigenvalue weighted by Gasteiger charge is -2.30. The Kier molecular flexibility index (Phi) is 7.55. The van der Waals surface area contributed by atoms with Gasteiger partial charge in [-0.2, -0.15) is 0 Å². The molecular formula is C18H28O5S2. The lowest BCUT2D eigenvalue weighted by atomic mass is 9.76. The highest BCUT2D eigenvalue weighted by Gasteiger charge is 2.64. The zero-order valence-electron chi connectivity index (χ0n) is 15.2. The Labute approximate surface area is 159 Å². The second-order valence-electron chi connectivity index (χ2n) is 6.57. The van der Waals surface area contributed by atoms with Gasteiger partial charge in [-0.1, -0.05) is 18.2 Å². The van der Waals surface area contributed by atoms with Gasteiger partial charge in [0.15, 0.2) is 5.41 Å². The first-order chi connectivity index (χ1) is 12.0. The minimum absolute atomic E-state index is 0.0110. The molecule has 2 aliphatic rings. The van der Waals surface area contributed by atoms with Gasteiger partial charge in [-0.05, 0) is 70.0 Å². The molecule has 2 saturated carbocycles. The highest BCUT2D eigenvalue weighted by Crippen LogP contribution is 2.59. The van der Waals surface area contributed by atoms with E-state index in [1.54, 1.807) is 13.8 Å². The maximum absolute atomic E-state index is 12.8. The van der Waals surface area contributed by atoms with Crippen LogP contribution in [0, 0.1) is 23.2 Å². The van der Waals surface area contributed by atoms with Gasteiger partial charge >= 0.3 is 11.9 Å². The van der Waals surface area contributed by atoms with Crippen molar-refractivity contribution in [2.75, 3.05) is 25.6 Å². The standard InChI is InChI=1S/C18H28O5S2/c1-4-21-15(19)18(16(20)22-5-2)10-12(11-25-17(24)23-6-3)13-8-7-9-14(13)18/h12-14H,4-11H2,1-3H3/t12-,13-,14-/m0/s1. The molecule has 0 aromatic carbocycles. The third-order valence-electron chi connectivity index (χ3n) is 5.35.